The van der Waals surface area contributed by atoms with Crippen LogP contribution in [0.4, 0.5) is 10.2 Å². The molecule has 0 unspecified atom stereocenters. The molecular formula is C14H13FN2O. The minimum atomic E-state index is -0.542. The van der Waals surface area contributed by atoms with Gasteiger partial charge >= 0.3 is 0 Å². The van der Waals surface area contributed by atoms with Crippen molar-refractivity contribution in [2.24, 2.45) is 0 Å². The fraction of sp³-hybridized carbons (Fsp3) is 0.143. The lowest BCUT2D eigenvalue weighted by atomic mass is 10.2. The van der Waals surface area contributed by atoms with Crippen LogP contribution < -0.4 is 5.32 Å². The Kier molecular flexibility index (Phi) is 3.37. The van der Waals surface area contributed by atoms with Gasteiger partial charge in [-0.3, -0.25) is 4.79 Å². The number of benzene rings is 1. The van der Waals surface area contributed by atoms with Gasteiger partial charge in [0.25, 0.3) is 5.91 Å². The zero-order chi connectivity index (χ0) is 13.1. The van der Waals surface area contributed by atoms with Gasteiger partial charge < -0.3 is 5.32 Å². The number of hydrogen-bond donors (Lipinski definition) is 1. The van der Waals surface area contributed by atoms with Gasteiger partial charge in [0.2, 0.25) is 0 Å². The lowest BCUT2D eigenvalue weighted by molar-refractivity contribution is 0.102. The van der Waals surface area contributed by atoms with E-state index in [1.807, 2.05) is 19.9 Å². The molecule has 18 heavy (non-hydrogen) atoms. The summed E-state index contributed by atoms with van der Waals surface area (Å²) in [7, 11) is 0. The van der Waals surface area contributed by atoms with E-state index in [4.69, 9.17) is 0 Å². The molecule has 92 valence electrons. The van der Waals surface area contributed by atoms with E-state index >= 15 is 0 Å². The number of carbonyl (C=O) groups excluding carboxylic acids is 1. The lowest BCUT2D eigenvalue weighted by Crippen LogP contribution is -2.14. The third-order valence-electron chi connectivity index (χ3n) is 2.46. The fourth-order valence-electron chi connectivity index (χ4n) is 1.73. The van der Waals surface area contributed by atoms with Crippen LogP contribution in [0.2, 0.25) is 0 Å². The van der Waals surface area contributed by atoms with E-state index in [1.54, 1.807) is 18.2 Å². The molecule has 0 aliphatic rings. The molecule has 2 aromatic rings. The number of amides is 1. The second-order valence-corrected chi connectivity index (χ2v) is 4.11. The maximum atomic E-state index is 13.4. The van der Waals surface area contributed by atoms with Gasteiger partial charge in [0.05, 0.1) is 5.56 Å². The number of nitrogens with zero attached hydrogens (tertiary/aromatic N) is 1. The summed E-state index contributed by atoms with van der Waals surface area (Å²) in [6.07, 6.45) is 0. The Labute approximate surface area is 105 Å². The summed E-state index contributed by atoms with van der Waals surface area (Å²) in [5.41, 5.74) is 1.81. The molecule has 4 heteroatoms. The first-order chi connectivity index (χ1) is 8.56. The van der Waals surface area contributed by atoms with Crippen LogP contribution in [-0.4, -0.2) is 10.9 Å². The second kappa shape index (κ2) is 4.96. The molecule has 0 bridgehead atoms. The fourth-order valence-corrected chi connectivity index (χ4v) is 1.73. The average molecular weight is 244 g/mol. The predicted octanol–water partition coefficient (Wildman–Crippen LogP) is 3.09. The van der Waals surface area contributed by atoms with E-state index < -0.39 is 11.7 Å². The van der Waals surface area contributed by atoms with Crippen molar-refractivity contribution in [3.63, 3.8) is 0 Å². The number of rotatable bonds is 2. The van der Waals surface area contributed by atoms with E-state index in [-0.39, 0.29) is 5.56 Å². The van der Waals surface area contributed by atoms with Crippen molar-refractivity contribution in [3.05, 3.63) is 59.0 Å². The van der Waals surface area contributed by atoms with E-state index in [0.717, 1.165) is 11.3 Å². The molecule has 0 radical (unpaired) electrons. The van der Waals surface area contributed by atoms with E-state index in [0.29, 0.717) is 5.82 Å². The van der Waals surface area contributed by atoms with Gasteiger partial charge in [-0.2, -0.15) is 0 Å². The smallest absolute Gasteiger partial charge is 0.259 e. The van der Waals surface area contributed by atoms with Gasteiger partial charge in [0.1, 0.15) is 11.6 Å². The SMILES string of the molecule is Cc1cc(C)nc(NC(=O)c2ccccc2F)c1. The highest BCUT2D eigenvalue weighted by atomic mass is 19.1. The quantitative estimate of drug-likeness (QED) is 0.882. The van der Waals surface area contributed by atoms with Gasteiger partial charge in [0, 0.05) is 5.69 Å². The van der Waals surface area contributed by atoms with Crippen molar-refractivity contribution in [3.8, 4) is 0 Å². The van der Waals surface area contributed by atoms with Gasteiger partial charge in [0.15, 0.2) is 0 Å². The summed E-state index contributed by atoms with van der Waals surface area (Å²) in [4.78, 5) is 16.0. The molecule has 1 heterocycles. The van der Waals surface area contributed by atoms with Crippen molar-refractivity contribution in [2.75, 3.05) is 5.32 Å². The van der Waals surface area contributed by atoms with Gasteiger partial charge in [-0.1, -0.05) is 12.1 Å². The molecule has 0 aliphatic carbocycles. The predicted molar refractivity (Wildman–Crippen MR) is 68.1 cm³/mol. The Morgan fingerprint density at radius 2 is 1.94 bits per heavy atom. The summed E-state index contributed by atoms with van der Waals surface area (Å²) in [5, 5.41) is 2.59. The van der Waals surface area contributed by atoms with Crippen LogP contribution in [0.3, 0.4) is 0 Å². The topological polar surface area (TPSA) is 42.0 Å². The Balaban J connectivity index is 2.24. The third kappa shape index (κ3) is 2.71. The van der Waals surface area contributed by atoms with Crippen molar-refractivity contribution in [1.82, 2.24) is 4.98 Å². The molecule has 1 aromatic heterocycles. The summed E-state index contributed by atoms with van der Waals surface area (Å²) in [6.45, 7) is 3.75. The van der Waals surface area contributed by atoms with E-state index in [2.05, 4.69) is 10.3 Å². The molecule has 3 nitrogen and oxygen atoms in total. The number of halogens is 1. The Morgan fingerprint density at radius 1 is 1.22 bits per heavy atom. The molecule has 0 saturated carbocycles. The minimum absolute atomic E-state index is 0.0125. The van der Waals surface area contributed by atoms with Gasteiger partial charge in [-0.05, 0) is 43.7 Å². The normalized spacial score (nSPS) is 10.2. The summed E-state index contributed by atoms with van der Waals surface area (Å²) >= 11 is 0. The highest BCUT2D eigenvalue weighted by Gasteiger charge is 2.11. The molecule has 1 aromatic carbocycles. The zero-order valence-electron chi connectivity index (χ0n) is 10.2. The molecule has 2 rings (SSSR count). The van der Waals surface area contributed by atoms with Crippen LogP contribution in [0.1, 0.15) is 21.6 Å². The van der Waals surface area contributed by atoms with Gasteiger partial charge in [-0.25, -0.2) is 9.37 Å². The van der Waals surface area contributed by atoms with Gasteiger partial charge in [-0.15, -0.1) is 0 Å². The zero-order valence-corrected chi connectivity index (χ0v) is 10.2. The van der Waals surface area contributed by atoms with Crippen LogP contribution in [-0.2, 0) is 0 Å². The Hall–Kier alpha value is -2.23. The molecule has 0 fully saturated rings. The Bertz CT molecular complexity index is 576. The first-order valence-corrected chi connectivity index (χ1v) is 5.57. The molecular weight excluding hydrogens is 231 g/mol. The monoisotopic (exact) mass is 244 g/mol. The van der Waals surface area contributed by atoms with E-state index in [1.165, 1.54) is 12.1 Å². The van der Waals surface area contributed by atoms with E-state index in [9.17, 15) is 9.18 Å². The largest absolute Gasteiger partial charge is 0.306 e. The number of nitrogens with one attached hydrogen (secondary N) is 1. The Morgan fingerprint density at radius 3 is 2.61 bits per heavy atom. The standard InChI is InChI=1S/C14H13FN2O/c1-9-7-10(2)16-13(8-9)17-14(18)11-5-3-4-6-12(11)15/h3-8H,1-2H3,(H,16,17,18). The maximum Gasteiger partial charge on any atom is 0.259 e. The number of pyridine rings is 1. The number of aromatic nitrogens is 1. The maximum absolute atomic E-state index is 13.4. The summed E-state index contributed by atoms with van der Waals surface area (Å²) in [6, 6.07) is 9.50. The van der Waals surface area contributed by atoms with Crippen LogP contribution in [0, 0.1) is 19.7 Å². The number of carbonyl (C=O) groups is 1. The molecule has 1 amide bonds. The van der Waals surface area contributed by atoms with Crippen molar-refractivity contribution in [2.45, 2.75) is 13.8 Å². The van der Waals surface area contributed by atoms with Crippen molar-refractivity contribution < 1.29 is 9.18 Å². The first kappa shape index (κ1) is 12.2. The summed E-state index contributed by atoms with van der Waals surface area (Å²) < 4.78 is 13.4. The van der Waals surface area contributed by atoms with Crippen molar-refractivity contribution >= 4 is 11.7 Å². The first-order valence-electron chi connectivity index (χ1n) is 5.57. The number of aryl methyl sites for hydroxylation is 2. The van der Waals surface area contributed by atoms with Crippen molar-refractivity contribution in [1.29, 1.82) is 0 Å². The average Bonchev–Trinajstić information content (AvgIpc) is 2.27. The highest BCUT2D eigenvalue weighted by Crippen LogP contribution is 2.12. The van der Waals surface area contributed by atoms with Crippen LogP contribution >= 0.6 is 0 Å². The molecule has 0 saturated heterocycles. The molecule has 0 aliphatic heterocycles. The second-order valence-electron chi connectivity index (χ2n) is 4.11. The highest BCUT2D eigenvalue weighted by molar-refractivity contribution is 6.03. The molecule has 0 atom stereocenters. The summed E-state index contributed by atoms with van der Waals surface area (Å²) in [5.74, 6) is -0.606. The van der Waals surface area contributed by atoms with Crippen LogP contribution in [0.25, 0.3) is 0 Å². The number of anilines is 1. The lowest BCUT2D eigenvalue weighted by Gasteiger charge is -2.07. The molecule has 0 spiro atoms. The third-order valence-corrected chi connectivity index (χ3v) is 2.46. The number of hydrogen-bond acceptors (Lipinski definition) is 2. The van der Waals surface area contributed by atoms with Crippen LogP contribution in [0.15, 0.2) is 36.4 Å². The molecule has 1 N–H and O–H groups in total. The van der Waals surface area contributed by atoms with Crippen LogP contribution in [0.5, 0.6) is 0 Å². The minimum Gasteiger partial charge on any atom is -0.306 e.